The van der Waals surface area contributed by atoms with Gasteiger partial charge in [-0.3, -0.25) is 14.5 Å². The predicted octanol–water partition coefficient (Wildman–Crippen LogP) is 3.09. The number of fused-ring (bicyclic) bond motifs is 2. The lowest BCUT2D eigenvalue weighted by Gasteiger charge is -2.22. The number of hydrogen-bond acceptors (Lipinski definition) is 7. The van der Waals surface area contributed by atoms with Crippen LogP contribution in [0.4, 0.5) is 4.79 Å². The van der Waals surface area contributed by atoms with Gasteiger partial charge in [-0.25, -0.2) is 15.0 Å². The molecule has 0 saturated carbocycles. The van der Waals surface area contributed by atoms with Gasteiger partial charge in [-0.2, -0.15) is 10.2 Å². The number of H-pyrrole nitrogens is 2. The largest absolute Gasteiger partial charge is 0.445 e. The lowest BCUT2D eigenvalue weighted by Crippen LogP contribution is -2.35. The van der Waals surface area contributed by atoms with Crippen molar-refractivity contribution in [1.29, 1.82) is 0 Å². The van der Waals surface area contributed by atoms with Gasteiger partial charge < -0.3 is 10.1 Å². The number of rotatable bonds is 9. The number of hydrogen-bond donors (Lipinski definition) is 3. The molecule has 2 heterocycles. The average molecular weight is 511 g/mol. The van der Waals surface area contributed by atoms with Crippen molar-refractivity contribution in [3.05, 3.63) is 117 Å². The number of ether oxygens (including phenoxy) is 1. The molecule has 2 aromatic heterocycles. The normalized spacial score (nSPS) is 11.2. The molecular weight excluding hydrogens is 484 g/mol. The van der Waals surface area contributed by atoms with Crippen LogP contribution in [-0.2, 0) is 24.4 Å². The minimum Gasteiger partial charge on any atom is -0.445 e. The van der Waals surface area contributed by atoms with Crippen LogP contribution < -0.4 is 16.4 Å². The summed E-state index contributed by atoms with van der Waals surface area (Å²) in [6, 6.07) is 24.0. The molecule has 38 heavy (non-hydrogen) atoms. The molecule has 0 spiro atoms. The molecule has 0 saturated heterocycles. The van der Waals surface area contributed by atoms with Crippen LogP contribution in [0.1, 0.15) is 17.0 Å². The molecule has 10 heteroatoms. The summed E-state index contributed by atoms with van der Waals surface area (Å²) in [4.78, 5) is 38.8. The van der Waals surface area contributed by atoms with Gasteiger partial charge in [-0.05, 0) is 17.7 Å². The molecule has 0 unspecified atom stereocenters. The van der Waals surface area contributed by atoms with E-state index in [-0.39, 0.29) is 17.7 Å². The topological polar surface area (TPSA) is 133 Å². The number of aromatic amines is 2. The molecule has 0 aliphatic heterocycles. The summed E-state index contributed by atoms with van der Waals surface area (Å²) in [5.74, 6) is 0. The Balaban J connectivity index is 1.34. The highest BCUT2D eigenvalue weighted by Gasteiger charge is 2.16. The molecule has 0 fully saturated rings. The van der Waals surface area contributed by atoms with E-state index in [1.165, 1.54) is 0 Å². The third kappa shape index (κ3) is 5.76. The first-order chi connectivity index (χ1) is 18.6. The molecule has 0 radical (unpaired) electrons. The van der Waals surface area contributed by atoms with Crippen molar-refractivity contribution >= 4 is 27.6 Å². The molecule has 0 aliphatic carbocycles. The first-order valence-corrected chi connectivity index (χ1v) is 12.2. The molecule has 5 aromatic rings. The van der Waals surface area contributed by atoms with E-state index in [1.54, 1.807) is 24.3 Å². The molecule has 3 aromatic carbocycles. The van der Waals surface area contributed by atoms with Crippen molar-refractivity contribution in [2.45, 2.75) is 19.7 Å². The van der Waals surface area contributed by atoms with E-state index in [9.17, 15) is 14.4 Å². The molecule has 3 N–H and O–H groups in total. The van der Waals surface area contributed by atoms with Crippen LogP contribution >= 0.6 is 0 Å². The Morgan fingerprint density at radius 3 is 1.79 bits per heavy atom. The number of nitrogens with zero attached hydrogens (tertiary/aromatic N) is 3. The molecule has 10 nitrogen and oxygen atoms in total. The van der Waals surface area contributed by atoms with Gasteiger partial charge in [0, 0.05) is 37.0 Å². The van der Waals surface area contributed by atoms with Gasteiger partial charge in [0.05, 0.1) is 22.2 Å². The van der Waals surface area contributed by atoms with Gasteiger partial charge in [0.1, 0.15) is 6.61 Å². The summed E-state index contributed by atoms with van der Waals surface area (Å²) in [5, 5.41) is 19.1. The van der Waals surface area contributed by atoms with Crippen molar-refractivity contribution < 1.29 is 9.53 Å². The van der Waals surface area contributed by atoms with Crippen LogP contribution in [0.2, 0.25) is 0 Å². The zero-order valence-electron chi connectivity index (χ0n) is 20.5. The molecule has 192 valence electrons. The maximum Gasteiger partial charge on any atom is 0.407 e. The zero-order chi connectivity index (χ0) is 26.3. The first kappa shape index (κ1) is 24.8. The second-order valence-corrected chi connectivity index (χ2v) is 8.79. The molecule has 0 bridgehead atoms. The lowest BCUT2D eigenvalue weighted by molar-refractivity contribution is 0.137. The Hall–Kier alpha value is -4.83. The summed E-state index contributed by atoms with van der Waals surface area (Å²) < 4.78 is 5.32. The standard InChI is InChI=1S/C28H26N6O4/c35-26-22-12-6-4-10-20(22)24(30-32-26)16-34(15-14-29-28(37)38-18-19-8-2-1-3-9-19)17-25-21-11-5-7-13-23(21)27(36)33-31-25/h1-13H,14-18H2,(H,29,37)(H,32,35)(H,33,36). The number of nitrogens with one attached hydrogen (secondary N) is 3. The minimum atomic E-state index is -0.519. The number of carbonyl (C=O) groups excluding carboxylic acids is 1. The Kier molecular flexibility index (Phi) is 7.51. The second-order valence-electron chi connectivity index (χ2n) is 8.79. The Morgan fingerprint density at radius 1 is 0.737 bits per heavy atom. The lowest BCUT2D eigenvalue weighted by atomic mass is 10.1. The van der Waals surface area contributed by atoms with Crippen LogP contribution in [0.3, 0.4) is 0 Å². The average Bonchev–Trinajstić information content (AvgIpc) is 2.95. The van der Waals surface area contributed by atoms with E-state index >= 15 is 0 Å². The van der Waals surface area contributed by atoms with E-state index in [0.29, 0.717) is 48.3 Å². The summed E-state index contributed by atoms with van der Waals surface area (Å²) in [6.45, 7) is 1.65. The third-order valence-electron chi connectivity index (χ3n) is 6.21. The van der Waals surface area contributed by atoms with Crippen LogP contribution in [0.25, 0.3) is 21.5 Å². The molecule has 1 amide bonds. The number of aromatic nitrogens is 4. The number of benzene rings is 3. The van der Waals surface area contributed by atoms with Gasteiger partial charge in [0.15, 0.2) is 0 Å². The Labute approximate surface area is 217 Å². The van der Waals surface area contributed by atoms with E-state index in [4.69, 9.17) is 4.74 Å². The summed E-state index contributed by atoms with van der Waals surface area (Å²) >= 11 is 0. The highest BCUT2D eigenvalue weighted by atomic mass is 16.5. The fraction of sp³-hybridized carbons (Fsp3) is 0.179. The number of carbonyl (C=O) groups is 1. The Bertz CT molecular complexity index is 1590. The van der Waals surface area contributed by atoms with Crippen molar-refractivity contribution in [2.75, 3.05) is 13.1 Å². The van der Waals surface area contributed by atoms with Crippen molar-refractivity contribution in [1.82, 2.24) is 30.6 Å². The Morgan fingerprint density at radius 2 is 1.24 bits per heavy atom. The van der Waals surface area contributed by atoms with Crippen LogP contribution in [0.15, 0.2) is 88.5 Å². The van der Waals surface area contributed by atoms with Crippen molar-refractivity contribution in [2.24, 2.45) is 0 Å². The zero-order valence-corrected chi connectivity index (χ0v) is 20.5. The van der Waals surface area contributed by atoms with Gasteiger partial charge >= 0.3 is 6.09 Å². The van der Waals surface area contributed by atoms with Gasteiger partial charge in [-0.1, -0.05) is 66.7 Å². The van der Waals surface area contributed by atoms with Crippen LogP contribution in [0, 0.1) is 0 Å². The fourth-order valence-electron chi connectivity index (χ4n) is 4.31. The van der Waals surface area contributed by atoms with Gasteiger partial charge in [-0.15, -0.1) is 0 Å². The quantitative estimate of drug-likeness (QED) is 0.278. The molecular formula is C28H26N6O4. The summed E-state index contributed by atoms with van der Waals surface area (Å²) in [5.41, 5.74) is 1.75. The van der Waals surface area contributed by atoms with E-state index in [1.807, 2.05) is 59.5 Å². The summed E-state index contributed by atoms with van der Waals surface area (Å²) in [6.07, 6.45) is -0.519. The highest BCUT2D eigenvalue weighted by molar-refractivity contribution is 5.84. The highest BCUT2D eigenvalue weighted by Crippen LogP contribution is 2.18. The van der Waals surface area contributed by atoms with E-state index in [0.717, 1.165) is 16.3 Å². The minimum absolute atomic E-state index is 0.178. The smallest absolute Gasteiger partial charge is 0.407 e. The second kappa shape index (κ2) is 11.5. The van der Waals surface area contributed by atoms with Crippen molar-refractivity contribution in [3.8, 4) is 0 Å². The van der Waals surface area contributed by atoms with Crippen LogP contribution in [0.5, 0.6) is 0 Å². The van der Waals surface area contributed by atoms with Crippen molar-refractivity contribution in [3.63, 3.8) is 0 Å². The SMILES string of the molecule is O=C(NCCN(Cc1n[nH]c(=O)c2ccccc12)Cc1n[nH]c(=O)c2ccccc12)OCc1ccccc1. The maximum absolute atomic E-state index is 12.3. The predicted molar refractivity (Wildman–Crippen MR) is 143 cm³/mol. The third-order valence-corrected chi connectivity index (χ3v) is 6.21. The monoisotopic (exact) mass is 510 g/mol. The van der Waals surface area contributed by atoms with Crippen LogP contribution in [-0.4, -0.2) is 44.5 Å². The van der Waals surface area contributed by atoms with Gasteiger partial charge in [0.2, 0.25) is 0 Å². The fourth-order valence-corrected chi connectivity index (χ4v) is 4.31. The molecule has 0 aliphatic rings. The first-order valence-electron chi connectivity index (χ1n) is 12.2. The molecule has 0 atom stereocenters. The maximum atomic E-state index is 12.3. The van der Waals surface area contributed by atoms with E-state index in [2.05, 4.69) is 25.7 Å². The number of amides is 1. The van der Waals surface area contributed by atoms with E-state index < -0.39 is 6.09 Å². The van der Waals surface area contributed by atoms with Gasteiger partial charge in [0.25, 0.3) is 11.1 Å². The summed E-state index contributed by atoms with van der Waals surface area (Å²) in [7, 11) is 0. The number of alkyl carbamates (subject to hydrolysis) is 1. The molecule has 5 rings (SSSR count).